The standard InChI is InChI=1S/C33H39Cl2N7O4/c1-45-31(43)15-22-4-7-40(8-5-22)21-23-13-29(24-16-25(34)18-26(35)17-24)39-30(14-23)46-27-19-37-33(38-20-27)42-11-9-41(10-12-42)32(44)28-3-2-6-36-28/h13-14,16-20,22,28,36H,2-12,15,21H2,1H3. The first-order chi connectivity index (χ1) is 22.3. The highest BCUT2D eigenvalue weighted by Crippen LogP contribution is 2.31. The van der Waals surface area contributed by atoms with Crippen molar-refractivity contribution in [3.05, 3.63) is 58.3 Å². The van der Waals surface area contributed by atoms with Crippen molar-refractivity contribution in [2.45, 2.75) is 44.7 Å². The molecule has 3 aliphatic rings. The van der Waals surface area contributed by atoms with Gasteiger partial charge in [-0.3, -0.25) is 14.5 Å². The van der Waals surface area contributed by atoms with Crippen LogP contribution in [0.15, 0.2) is 42.7 Å². The summed E-state index contributed by atoms with van der Waals surface area (Å²) in [6.07, 6.45) is 7.60. The molecule has 0 bridgehead atoms. The van der Waals surface area contributed by atoms with E-state index in [0.29, 0.717) is 78.4 Å². The van der Waals surface area contributed by atoms with Crippen molar-refractivity contribution in [2.24, 2.45) is 5.92 Å². The number of aromatic nitrogens is 3. The van der Waals surface area contributed by atoms with Crippen molar-refractivity contribution < 1.29 is 19.1 Å². The molecular weight excluding hydrogens is 629 g/mol. The van der Waals surface area contributed by atoms with Crippen LogP contribution >= 0.6 is 23.2 Å². The molecule has 1 atom stereocenters. The minimum absolute atomic E-state index is 0.0482. The largest absolute Gasteiger partial charge is 0.469 e. The van der Waals surface area contributed by atoms with Crippen LogP contribution in [0.3, 0.4) is 0 Å². The maximum Gasteiger partial charge on any atom is 0.305 e. The van der Waals surface area contributed by atoms with Gasteiger partial charge in [-0.2, -0.15) is 0 Å². The molecule has 0 aliphatic carbocycles. The highest BCUT2D eigenvalue weighted by atomic mass is 35.5. The van der Waals surface area contributed by atoms with Crippen molar-refractivity contribution in [3.63, 3.8) is 0 Å². The Kier molecular flexibility index (Phi) is 10.5. The van der Waals surface area contributed by atoms with Crippen molar-refractivity contribution in [2.75, 3.05) is 57.8 Å². The van der Waals surface area contributed by atoms with Crippen molar-refractivity contribution in [1.82, 2.24) is 30.1 Å². The lowest BCUT2D eigenvalue weighted by molar-refractivity contribution is -0.142. The molecule has 3 aromatic rings. The maximum atomic E-state index is 12.8. The van der Waals surface area contributed by atoms with Gasteiger partial charge in [-0.05, 0) is 81.1 Å². The Balaban J connectivity index is 1.13. The molecule has 3 saturated heterocycles. The summed E-state index contributed by atoms with van der Waals surface area (Å²) in [6.45, 7) is 6.02. The summed E-state index contributed by atoms with van der Waals surface area (Å²) in [5.74, 6) is 1.86. The van der Waals surface area contributed by atoms with Crippen molar-refractivity contribution in [3.8, 4) is 22.9 Å². The number of hydrogen-bond donors (Lipinski definition) is 1. The number of piperidine rings is 1. The fourth-order valence-corrected chi connectivity index (χ4v) is 6.89. The Morgan fingerprint density at radius 3 is 2.30 bits per heavy atom. The third kappa shape index (κ3) is 8.25. The van der Waals surface area contributed by atoms with E-state index in [1.807, 2.05) is 29.2 Å². The summed E-state index contributed by atoms with van der Waals surface area (Å²) in [7, 11) is 1.44. The Morgan fingerprint density at radius 2 is 1.65 bits per heavy atom. The predicted molar refractivity (Wildman–Crippen MR) is 176 cm³/mol. The number of piperazine rings is 1. The van der Waals surface area contributed by atoms with E-state index in [0.717, 1.165) is 56.4 Å². The number of carbonyl (C=O) groups is 2. The first-order valence-electron chi connectivity index (χ1n) is 15.9. The number of hydrogen-bond acceptors (Lipinski definition) is 10. The second-order valence-corrected chi connectivity index (χ2v) is 13.0. The number of esters is 1. The second-order valence-electron chi connectivity index (χ2n) is 12.1. The molecule has 1 aromatic carbocycles. The third-order valence-corrected chi connectivity index (χ3v) is 9.32. The van der Waals surface area contributed by atoms with Crippen LogP contribution in [0.2, 0.25) is 10.0 Å². The smallest absolute Gasteiger partial charge is 0.305 e. The minimum atomic E-state index is -0.150. The van der Waals surface area contributed by atoms with Gasteiger partial charge in [-0.15, -0.1) is 0 Å². The van der Waals surface area contributed by atoms with Crippen LogP contribution in [0.1, 0.15) is 37.7 Å². The lowest BCUT2D eigenvalue weighted by Gasteiger charge is -2.35. The van der Waals surface area contributed by atoms with E-state index in [4.69, 9.17) is 37.7 Å². The third-order valence-electron chi connectivity index (χ3n) is 8.89. The molecule has 1 N–H and O–H groups in total. The Bertz CT molecular complexity index is 1500. The monoisotopic (exact) mass is 667 g/mol. The van der Waals surface area contributed by atoms with Gasteiger partial charge in [0.1, 0.15) is 0 Å². The molecule has 1 amide bonds. The zero-order valence-corrected chi connectivity index (χ0v) is 27.5. The zero-order chi connectivity index (χ0) is 32.0. The molecular formula is C33H39Cl2N7O4. The lowest BCUT2D eigenvalue weighted by atomic mass is 9.93. The first kappa shape index (κ1) is 32.4. The first-order valence-corrected chi connectivity index (χ1v) is 16.6. The Hall–Kier alpha value is -3.51. The van der Waals surface area contributed by atoms with Gasteiger partial charge in [0.15, 0.2) is 5.75 Å². The summed E-state index contributed by atoms with van der Waals surface area (Å²) in [5.41, 5.74) is 2.50. The number of nitrogens with zero attached hydrogens (tertiary/aromatic N) is 6. The molecule has 13 heteroatoms. The number of ether oxygens (including phenoxy) is 2. The highest BCUT2D eigenvalue weighted by molar-refractivity contribution is 6.35. The van der Waals surface area contributed by atoms with Crippen LogP contribution < -0.4 is 15.0 Å². The number of carbonyl (C=O) groups excluding carboxylic acids is 2. The van der Waals surface area contributed by atoms with E-state index in [1.54, 1.807) is 18.5 Å². The van der Waals surface area contributed by atoms with Gasteiger partial charge in [-0.25, -0.2) is 15.0 Å². The number of anilines is 1. The van der Waals surface area contributed by atoms with Crippen LogP contribution in [0, 0.1) is 5.92 Å². The molecule has 0 radical (unpaired) electrons. The zero-order valence-electron chi connectivity index (χ0n) is 26.0. The lowest BCUT2D eigenvalue weighted by Crippen LogP contribution is -2.53. The van der Waals surface area contributed by atoms with Gasteiger partial charge in [-0.1, -0.05) is 23.2 Å². The maximum absolute atomic E-state index is 12.8. The van der Waals surface area contributed by atoms with Crippen LogP contribution in [0.5, 0.6) is 11.6 Å². The van der Waals surface area contributed by atoms with Gasteiger partial charge >= 0.3 is 5.97 Å². The van der Waals surface area contributed by atoms with E-state index < -0.39 is 0 Å². The topological polar surface area (TPSA) is 113 Å². The summed E-state index contributed by atoms with van der Waals surface area (Å²) in [4.78, 5) is 44.8. The van der Waals surface area contributed by atoms with Crippen LogP contribution in [0.4, 0.5) is 5.95 Å². The average Bonchev–Trinajstić information content (AvgIpc) is 3.61. The SMILES string of the molecule is COC(=O)CC1CCN(Cc2cc(Oc3cnc(N4CCN(C(=O)C5CCCN5)CC4)nc3)nc(-c3cc(Cl)cc(Cl)c3)c2)CC1. The number of methoxy groups -OCH3 is 1. The van der Waals surface area contributed by atoms with E-state index in [-0.39, 0.29) is 17.9 Å². The van der Waals surface area contributed by atoms with Gasteiger partial charge in [0.05, 0.1) is 31.2 Å². The molecule has 2 aromatic heterocycles. The van der Waals surface area contributed by atoms with Crippen molar-refractivity contribution in [1.29, 1.82) is 0 Å². The molecule has 46 heavy (non-hydrogen) atoms. The number of amides is 1. The molecule has 11 nitrogen and oxygen atoms in total. The number of benzene rings is 1. The van der Waals surface area contributed by atoms with Crippen LogP contribution in [-0.2, 0) is 20.9 Å². The summed E-state index contributed by atoms with van der Waals surface area (Å²) in [6, 6.07) is 9.26. The van der Waals surface area contributed by atoms with E-state index >= 15 is 0 Å². The molecule has 6 rings (SSSR count). The van der Waals surface area contributed by atoms with Gasteiger partial charge in [0, 0.05) is 60.8 Å². The van der Waals surface area contributed by atoms with Crippen molar-refractivity contribution >= 4 is 41.0 Å². The van der Waals surface area contributed by atoms with Gasteiger partial charge < -0.3 is 24.6 Å². The van der Waals surface area contributed by atoms with Crippen LogP contribution in [-0.4, -0.2) is 95.6 Å². The number of halogens is 2. The highest BCUT2D eigenvalue weighted by Gasteiger charge is 2.30. The minimum Gasteiger partial charge on any atom is -0.469 e. The molecule has 244 valence electrons. The molecule has 0 spiro atoms. The molecule has 1 unspecified atom stereocenters. The number of rotatable bonds is 9. The Morgan fingerprint density at radius 1 is 0.935 bits per heavy atom. The van der Waals surface area contributed by atoms with E-state index in [9.17, 15) is 9.59 Å². The molecule has 5 heterocycles. The normalized spacial score (nSPS) is 19.3. The van der Waals surface area contributed by atoms with E-state index in [2.05, 4.69) is 25.1 Å². The summed E-state index contributed by atoms with van der Waals surface area (Å²) >= 11 is 12.7. The fraction of sp³-hybridized carbons (Fsp3) is 0.485. The van der Waals surface area contributed by atoms with Gasteiger partial charge in [0.25, 0.3) is 0 Å². The second kappa shape index (κ2) is 14.9. The molecule has 3 aliphatic heterocycles. The Labute approximate surface area is 279 Å². The number of nitrogens with one attached hydrogen (secondary N) is 1. The fourth-order valence-electron chi connectivity index (χ4n) is 6.37. The number of likely N-dealkylation sites (tertiary alicyclic amines) is 1. The number of pyridine rings is 1. The van der Waals surface area contributed by atoms with Crippen LogP contribution in [0.25, 0.3) is 11.3 Å². The van der Waals surface area contributed by atoms with E-state index in [1.165, 1.54) is 7.11 Å². The molecule has 0 saturated carbocycles. The summed E-state index contributed by atoms with van der Waals surface area (Å²) < 4.78 is 11.1. The average molecular weight is 669 g/mol. The quantitative estimate of drug-likeness (QED) is 0.319. The molecule has 3 fully saturated rings. The predicted octanol–water partition coefficient (Wildman–Crippen LogP) is 4.81. The van der Waals surface area contributed by atoms with Gasteiger partial charge in [0.2, 0.25) is 17.7 Å². The summed E-state index contributed by atoms with van der Waals surface area (Å²) in [5, 5.41) is 4.34.